The molecule has 5 aliphatic rings. The van der Waals surface area contributed by atoms with Crippen molar-refractivity contribution < 1.29 is 0 Å². The highest BCUT2D eigenvalue weighted by Gasteiger charge is 2.28. The molecule has 12 N–H and O–H groups in total. The van der Waals surface area contributed by atoms with Crippen LogP contribution in [0.2, 0.25) is 0 Å². The normalized spacial score (nSPS) is 13.7. The van der Waals surface area contributed by atoms with E-state index in [2.05, 4.69) is 121 Å². The van der Waals surface area contributed by atoms with Crippen molar-refractivity contribution in [2.75, 3.05) is 28.7 Å². The highest BCUT2D eigenvalue weighted by molar-refractivity contribution is 5.84. The Balaban J connectivity index is 0.000000127. The van der Waals surface area contributed by atoms with Crippen molar-refractivity contribution in [2.45, 2.75) is 162 Å². The molecule has 0 bridgehead atoms. The van der Waals surface area contributed by atoms with Crippen LogP contribution in [0.25, 0.3) is 66.9 Å². The van der Waals surface area contributed by atoms with Gasteiger partial charge in [0.25, 0.3) is 5.56 Å². The minimum atomic E-state index is -0.165. The van der Waals surface area contributed by atoms with E-state index < -0.39 is 0 Å². The van der Waals surface area contributed by atoms with Crippen molar-refractivity contribution in [2.24, 2.45) is 5.92 Å². The molecule has 1 atom stereocenters. The van der Waals surface area contributed by atoms with Gasteiger partial charge in [0.15, 0.2) is 0 Å². The number of pyridine rings is 11. The lowest BCUT2D eigenvalue weighted by Gasteiger charge is -2.25. The predicted octanol–water partition coefficient (Wildman–Crippen LogP) is 15.3. The van der Waals surface area contributed by atoms with Crippen LogP contribution >= 0.6 is 0 Å². The summed E-state index contributed by atoms with van der Waals surface area (Å²) in [5.41, 5.74) is 59.1. The number of terminal acetylenes is 5. The molecule has 0 spiro atoms. The minimum Gasteiger partial charge on any atom is -0.383 e. The van der Waals surface area contributed by atoms with E-state index in [1.807, 2.05) is 73.1 Å². The van der Waals surface area contributed by atoms with Crippen molar-refractivity contribution >= 4 is 29.1 Å². The van der Waals surface area contributed by atoms with E-state index in [-0.39, 0.29) is 5.56 Å². The number of fused-ring (bicyclic) bond motifs is 5. The number of hydrogen-bond donors (Lipinski definition) is 7. The van der Waals surface area contributed by atoms with Crippen molar-refractivity contribution in [3.63, 3.8) is 0 Å². The summed E-state index contributed by atoms with van der Waals surface area (Å²) in [5.74, 6) is 16.1. The summed E-state index contributed by atoms with van der Waals surface area (Å²) in [7, 11) is 0. The molecule has 1 unspecified atom stereocenters. The van der Waals surface area contributed by atoms with Crippen LogP contribution < -0.4 is 34.2 Å². The number of H-pyrrole nitrogens is 2. The summed E-state index contributed by atoms with van der Waals surface area (Å²) in [6.45, 7) is 6.45. The molecule has 0 aromatic carbocycles. The van der Waals surface area contributed by atoms with Gasteiger partial charge in [-0.3, -0.25) is 29.7 Å². The topological polar surface area (TPSA) is 344 Å². The average molecular weight is 1520 g/mol. The Morgan fingerprint density at radius 2 is 0.826 bits per heavy atom. The lowest BCUT2D eigenvalue weighted by molar-refractivity contribution is 0.495. The van der Waals surface area contributed by atoms with Crippen molar-refractivity contribution in [3.05, 3.63) is 246 Å². The van der Waals surface area contributed by atoms with Crippen molar-refractivity contribution in [1.82, 2.24) is 64.8 Å². The summed E-state index contributed by atoms with van der Waals surface area (Å²) in [6, 6.07) is 21.7. The van der Waals surface area contributed by atoms with Crippen LogP contribution in [0.4, 0.5) is 29.1 Å². The highest BCUT2D eigenvalue weighted by atomic mass is 16.1. The number of hydrogen-bond acceptors (Lipinski definition) is 18. The maximum absolute atomic E-state index is 12.1. The lowest BCUT2D eigenvalue weighted by atomic mass is 9.82. The Morgan fingerprint density at radius 3 is 1.25 bits per heavy atom. The summed E-state index contributed by atoms with van der Waals surface area (Å²) in [6.07, 6.45) is 72.2. The number of aromatic nitrogens is 13. The van der Waals surface area contributed by atoms with Gasteiger partial charge < -0.3 is 38.6 Å². The molecule has 20 nitrogen and oxygen atoms in total. The Morgan fingerprint density at radius 1 is 0.426 bits per heavy atom. The van der Waals surface area contributed by atoms with E-state index >= 15 is 0 Å². The molecule has 0 saturated carbocycles. The molecule has 12 aromatic heterocycles. The first-order chi connectivity index (χ1) is 56.2. The summed E-state index contributed by atoms with van der Waals surface area (Å²) >= 11 is 0. The zero-order valence-electron chi connectivity index (χ0n) is 65.4. The van der Waals surface area contributed by atoms with Gasteiger partial charge in [-0.1, -0.05) is 81.1 Å². The summed E-state index contributed by atoms with van der Waals surface area (Å²) < 4.78 is 0. The molecule has 0 amide bonds. The van der Waals surface area contributed by atoms with Gasteiger partial charge in [-0.2, -0.15) is 5.26 Å². The zero-order valence-corrected chi connectivity index (χ0v) is 65.4. The van der Waals surface area contributed by atoms with E-state index in [0.717, 1.165) is 216 Å². The van der Waals surface area contributed by atoms with Crippen molar-refractivity contribution in [1.29, 1.82) is 5.26 Å². The number of imidazole rings is 1. The monoisotopic (exact) mass is 1520 g/mol. The fraction of sp³-hybridized carbons (Fsp3) is 0.274. The molecular formula is C95H93N19O. The first-order valence-electron chi connectivity index (χ1n) is 39.2. The third kappa shape index (κ3) is 18.0. The molecule has 0 fully saturated rings. The van der Waals surface area contributed by atoms with Gasteiger partial charge in [0.2, 0.25) is 0 Å². The van der Waals surface area contributed by atoms with Crippen LogP contribution in [0, 0.1) is 79.0 Å². The van der Waals surface area contributed by atoms with Gasteiger partial charge in [-0.15, -0.1) is 32.1 Å². The number of aromatic amines is 2. The molecular weight excluding hydrogens is 1420 g/mol. The van der Waals surface area contributed by atoms with Crippen LogP contribution in [0.3, 0.4) is 0 Å². The maximum Gasteiger partial charge on any atom is 0.264 e. The average Bonchev–Trinajstić information content (AvgIpc) is 0.908. The molecule has 12 heterocycles. The Bertz CT molecular complexity index is 5700. The zero-order chi connectivity index (χ0) is 80.9. The second-order valence-electron chi connectivity index (χ2n) is 28.8. The number of nitrogens with zero attached hydrogens (tertiary/aromatic N) is 12. The van der Waals surface area contributed by atoms with E-state index in [4.69, 9.17) is 60.8 Å². The highest BCUT2D eigenvalue weighted by Crippen LogP contribution is 2.41. The molecule has 574 valence electrons. The van der Waals surface area contributed by atoms with E-state index in [1.54, 1.807) is 62.1 Å². The van der Waals surface area contributed by atoms with Crippen LogP contribution in [0.5, 0.6) is 0 Å². The SMILES string of the molecule is C#Cc1c(-c2cccnc2)c2c([nH]c1=O)CCCC2.C#Cc1c(N)nc2c(c1-c1cccnc1)CC(C)CC2.C#Cc1c(N)nc2c(c1-c1cccnc1)CCCC2.C#Cc1c(N)nc2c(c1-c1ccncc1)CCCC2.C#Cc1c(N)nc2c(c1-c1cnc[nH]1)CCCC2.CCCc1nc(N)c(C#N)c(-c2cccnc2)c1CC. The number of rotatable bonds is 9. The second kappa shape index (κ2) is 38.3. The van der Waals surface area contributed by atoms with E-state index in [0.29, 0.717) is 68.4 Å². The molecule has 0 aliphatic heterocycles. The van der Waals surface area contributed by atoms with Crippen LogP contribution in [0.1, 0.15) is 186 Å². The second-order valence-corrected chi connectivity index (χ2v) is 28.8. The lowest BCUT2D eigenvalue weighted by Crippen LogP contribution is -2.20. The molecule has 12 aromatic rings. The summed E-state index contributed by atoms with van der Waals surface area (Å²) in [5, 5.41) is 9.41. The quantitative estimate of drug-likeness (QED) is 0.0660. The third-order valence-electron chi connectivity index (χ3n) is 21.5. The maximum atomic E-state index is 12.1. The van der Waals surface area contributed by atoms with Gasteiger partial charge in [0.1, 0.15) is 40.7 Å². The Labute approximate surface area is 673 Å². The molecule has 0 saturated heterocycles. The third-order valence-corrected chi connectivity index (χ3v) is 21.5. The van der Waals surface area contributed by atoms with Crippen molar-refractivity contribution in [3.8, 4) is 135 Å². The van der Waals surface area contributed by atoms with Crippen LogP contribution in [-0.4, -0.2) is 64.8 Å². The molecule has 0 radical (unpaired) electrons. The Kier molecular flexibility index (Phi) is 26.8. The van der Waals surface area contributed by atoms with Gasteiger partial charge >= 0.3 is 0 Å². The van der Waals surface area contributed by atoms with Gasteiger partial charge in [-0.25, -0.2) is 29.9 Å². The largest absolute Gasteiger partial charge is 0.383 e. The van der Waals surface area contributed by atoms with E-state index in [1.165, 1.54) is 59.9 Å². The number of nitrogen functional groups attached to an aromatic ring is 5. The molecule has 5 aliphatic carbocycles. The minimum absolute atomic E-state index is 0.165. The summed E-state index contributed by atoms with van der Waals surface area (Å²) in [4.78, 5) is 65.3. The Hall–Kier alpha value is -14.1. The van der Waals surface area contributed by atoms with Crippen LogP contribution in [-0.2, 0) is 77.0 Å². The van der Waals surface area contributed by atoms with Gasteiger partial charge in [0, 0.05) is 152 Å². The molecule has 115 heavy (non-hydrogen) atoms. The predicted molar refractivity (Wildman–Crippen MR) is 460 cm³/mol. The number of nitrogens with one attached hydrogen (secondary N) is 2. The van der Waals surface area contributed by atoms with Crippen LogP contribution in [0.15, 0.2) is 140 Å². The first-order valence-corrected chi connectivity index (χ1v) is 39.2. The molecule has 20 heteroatoms. The number of nitrogens with two attached hydrogens (primary N) is 5. The number of aryl methyl sites for hydroxylation is 6. The fourth-order valence-electron chi connectivity index (χ4n) is 16.2. The fourth-order valence-corrected chi connectivity index (χ4v) is 16.2. The van der Waals surface area contributed by atoms with E-state index in [9.17, 15) is 10.1 Å². The number of nitriles is 1. The molecule has 17 rings (SSSR count). The van der Waals surface area contributed by atoms with Gasteiger partial charge in [-0.05, 0) is 216 Å². The van der Waals surface area contributed by atoms with Gasteiger partial charge in [0.05, 0.1) is 46.0 Å². The first kappa shape index (κ1) is 80.5. The smallest absolute Gasteiger partial charge is 0.264 e. The standard InChI is InChI=1S/C17H17N3.C16H18N4.2C16H15N3.C16H14N2O.C14H14N4/c1-3-13-16(12-5-4-8-19-10-12)14-9-11(2)6-7-15(14)20-17(13)18;1-3-6-14-12(4-2)15(11-7-5-8-19-10-11)13(9-17)16(18)20-14;1-2-12-15(11-6-5-9-18-10-11)13-7-3-4-8-14(13)19-16(12)17;1-2-12-15(11-7-9-18-10-8-11)13-5-3-4-6-14(13)19-16(12)17;1-2-12-15(11-6-5-9-17-10-11)13-7-3-4-8-14(13)18-16(12)19;1-2-9-13(12-7-16-8-17-12)10-5-3-4-6-11(10)18-14(9)15/h1,4-5,8,10-11H,6-7,9H2,2H3,(H2,18,20);5,7-8,10H,3-4,6H2,1-2H3,(H2,18,20);1,5-6,9-10H,3-4,7-8H2,(H2,17,19);1,7-10H,3-6H2,(H2,17,19);1,5-6,9-10H,3-4,7-8H2,(H,18,19);1,7-8H,3-6H2,(H2,15,18)(H,16,17). The number of anilines is 5.